The Bertz CT molecular complexity index is 1600. The van der Waals surface area contributed by atoms with Gasteiger partial charge in [0.25, 0.3) is 0 Å². The van der Waals surface area contributed by atoms with Gasteiger partial charge in [0.2, 0.25) is 0 Å². The smallest absolute Gasteiger partial charge is 0.137 e. The number of hydrogen-bond donors (Lipinski definition) is 0. The minimum Gasteiger partial charge on any atom is -0.457 e. The standard InChI is InChI=1S/C36H40N4O/c1-7-36(8-2)30-14-9-10-15-32(30)40(34-22-26(18-19-37-34)35(3,4)5)33-24-29(16-17-31(33)36)41-28-13-11-12-27(23-28)39-21-20-38(6)25-39/h9-24H,7-8,25H2,1-6H3. The summed E-state index contributed by atoms with van der Waals surface area (Å²) < 4.78 is 6.55. The molecule has 0 amide bonds. The molecule has 6 rings (SSSR count). The van der Waals surface area contributed by atoms with Crippen LogP contribution in [-0.4, -0.2) is 23.6 Å². The van der Waals surface area contributed by atoms with Gasteiger partial charge in [-0.3, -0.25) is 4.90 Å². The summed E-state index contributed by atoms with van der Waals surface area (Å²) in [7, 11) is 2.08. The van der Waals surface area contributed by atoms with Crippen LogP contribution in [0.3, 0.4) is 0 Å². The van der Waals surface area contributed by atoms with Gasteiger partial charge in [-0.2, -0.15) is 0 Å². The Balaban J connectivity index is 1.47. The van der Waals surface area contributed by atoms with Crippen LogP contribution < -0.4 is 14.5 Å². The average Bonchev–Trinajstić information content (AvgIpc) is 3.42. The van der Waals surface area contributed by atoms with E-state index in [1.54, 1.807) is 0 Å². The molecule has 0 saturated heterocycles. The van der Waals surface area contributed by atoms with Gasteiger partial charge >= 0.3 is 0 Å². The van der Waals surface area contributed by atoms with E-state index in [0.717, 1.165) is 48.2 Å². The summed E-state index contributed by atoms with van der Waals surface area (Å²) >= 11 is 0. The van der Waals surface area contributed by atoms with Crippen molar-refractivity contribution in [2.75, 3.05) is 23.5 Å². The van der Waals surface area contributed by atoms with Gasteiger partial charge in [-0.1, -0.05) is 65.0 Å². The van der Waals surface area contributed by atoms with Gasteiger partial charge in [-0.15, -0.1) is 0 Å². The Morgan fingerprint density at radius 2 is 1.56 bits per heavy atom. The number of benzene rings is 3. The zero-order chi connectivity index (χ0) is 28.8. The molecular formula is C36H40N4O. The number of rotatable bonds is 6. The maximum atomic E-state index is 6.55. The average molecular weight is 545 g/mol. The molecule has 3 aromatic carbocycles. The Morgan fingerprint density at radius 3 is 2.29 bits per heavy atom. The van der Waals surface area contributed by atoms with Crippen LogP contribution in [0.4, 0.5) is 22.9 Å². The highest BCUT2D eigenvalue weighted by molar-refractivity contribution is 5.85. The van der Waals surface area contributed by atoms with Gasteiger partial charge < -0.3 is 14.5 Å². The molecule has 5 nitrogen and oxygen atoms in total. The molecule has 0 fully saturated rings. The van der Waals surface area contributed by atoms with E-state index in [1.807, 2.05) is 12.3 Å². The molecule has 4 aromatic rings. The Labute approximate surface area is 244 Å². The highest BCUT2D eigenvalue weighted by atomic mass is 16.5. The van der Waals surface area contributed by atoms with Crippen LogP contribution in [0, 0.1) is 0 Å². The second-order valence-electron chi connectivity index (χ2n) is 12.2. The number of ether oxygens (including phenoxy) is 1. The minimum absolute atomic E-state index is 0.0156. The first-order valence-corrected chi connectivity index (χ1v) is 14.7. The van der Waals surface area contributed by atoms with E-state index in [4.69, 9.17) is 9.72 Å². The molecule has 0 N–H and O–H groups in total. The minimum atomic E-state index is -0.0867. The Hall–Kier alpha value is -4.25. The van der Waals surface area contributed by atoms with Crippen LogP contribution in [0.25, 0.3) is 0 Å². The molecule has 0 aliphatic carbocycles. The van der Waals surface area contributed by atoms with Crippen LogP contribution >= 0.6 is 0 Å². The molecule has 0 saturated carbocycles. The summed E-state index contributed by atoms with van der Waals surface area (Å²) in [6.07, 6.45) is 8.14. The zero-order valence-electron chi connectivity index (χ0n) is 25.1. The fraction of sp³-hybridized carbons (Fsp3) is 0.306. The lowest BCUT2D eigenvalue weighted by atomic mass is 9.67. The summed E-state index contributed by atoms with van der Waals surface area (Å²) in [6, 6.07) is 28.1. The van der Waals surface area contributed by atoms with E-state index in [9.17, 15) is 0 Å². The van der Waals surface area contributed by atoms with Crippen molar-refractivity contribution in [1.82, 2.24) is 9.88 Å². The molecule has 41 heavy (non-hydrogen) atoms. The SMILES string of the molecule is CCC1(CC)c2ccccc2N(c2cc(C(C)(C)C)ccn2)c2cc(Oc3cccc(N4C=CN(C)C4)c3)ccc21. The van der Waals surface area contributed by atoms with Crippen molar-refractivity contribution in [3.05, 3.63) is 114 Å². The summed E-state index contributed by atoms with van der Waals surface area (Å²) in [5, 5.41) is 0. The lowest BCUT2D eigenvalue weighted by Gasteiger charge is -2.45. The number of hydrogen-bond acceptors (Lipinski definition) is 5. The van der Waals surface area contributed by atoms with Gasteiger partial charge in [-0.05, 0) is 71.3 Å². The second-order valence-corrected chi connectivity index (χ2v) is 12.2. The molecule has 1 aromatic heterocycles. The molecule has 2 aliphatic heterocycles. The van der Waals surface area contributed by atoms with Gasteiger partial charge in [0, 0.05) is 48.9 Å². The van der Waals surface area contributed by atoms with Crippen molar-refractivity contribution in [3.63, 3.8) is 0 Å². The van der Waals surface area contributed by atoms with Crippen molar-refractivity contribution in [2.45, 2.75) is 58.3 Å². The maximum absolute atomic E-state index is 6.55. The van der Waals surface area contributed by atoms with Crippen LogP contribution in [0.5, 0.6) is 11.5 Å². The highest BCUT2D eigenvalue weighted by Crippen LogP contribution is 2.55. The lowest BCUT2D eigenvalue weighted by molar-refractivity contribution is 0.466. The van der Waals surface area contributed by atoms with Crippen LogP contribution in [0.2, 0.25) is 0 Å². The monoisotopic (exact) mass is 544 g/mol. The first-order chi connectivity index (χ1) is 19.7. The Kier molecular flexibility index (Phi) is 6.77. The second kappa shape index (κ2) is 10.3. The first-order valence-electron chi connectivity index (χ1n) is 14.7. The Morgan fingerprint density at radius 1 is 0.805 bits per heavy atom. The molecular weight excluding hydrogens is 504 g/mol. The van der Waals surface area contributed by atoms with E-state index in [0.29, 0.717) is 0 Å². The number of pyridine rings is 1. The molecule has 0 radical (unpaired) electrons. The van der Waals surface area contributed by atoms with Gasteiger partial charge in [0.05, 0.1) is 18.0 Å². The molecule has 0 atom stereocenters. The van der Waals surface area contributed by atoms with Crippen LogP contribution in [0.15, 0.2) is 97.5 Å². The fourth-order valence-electron chi connectivity index (χ4n) is 6.34. The molecule has 5 heteroatoms. The summed E-state index contributed by atoms with van der Waals surface area (Å²) in [5.41, 5.74) is 7.28. The lowest BCUT2D eigenvalue weighted by Crippen LogP contribution is -2.35. The predicted octanol–water partition coefficient (Wildman–Crippen LogP) is 9.24. The van der Waals surface area contributed by atoms with E-state index in [-0.39, 0.29) is 10.8 Å². The number of para-hydroxylation sites is 1. The van der Waals surface area contributed by atoms with Gasteiger partial charge in [0.15, 0.2) is 0 Å². The van der Waals surface area contributed by atoms with E-state index < -0.39 is 0 Å². The first kappa shape index (κ1) is 26.9. The molecule has 0 spiro atoms. The van der Waals surface area contributed by atoms with Crippen molar-refractivity contribution in [1.29, 1.82) is 0 Å². The molecule has 0 unspecified atom stereocenters. The van der Waals surface area contributed by atoms with E-state index >= 15 is 0 Å². The normalized spacial score (nSPS) is 15.6. The third-order valence-corrected chi connectivity index (χ3v) is 8.70. The van der Waals surface area contributed by atoms with Crippen molar-refractivity contribution >= 4 is 22.9 Å². The molecule has 210 valence electrons. The van der Waals surface area contributed by atoms with Gasteiger partial charge in [0.1, 0.15) is 17.3 Å². The maximum Gasteiger partial charge on any atom is 0.137 e. The number of aromatic nitrogens is 1. The summed E-state index contributed by atoms with van der Waals surface area (Å²) in [4.78, 5) is 11.6. The number of anilines is 4. The fourth-order valence-corrected chi connectivity index (χ4v) is 6.34. The zero-order valence-corrected chi connectivity index (χ0v) is 25.1. The molecule has 0 bridgehead atoms. The van der Waals surface area contributed by atoms with Gasteiger partial charge in [-0.25, -0.2) is 4.98 Å². The summed E-state index contributed by atoms with van der Waals surface area (Å²) in [5.74, 6) is 2.56. The van der Waals surface area contributed by atoms with Crippen LogP contribution in [-0.2, 0) is 10.8 Å². The third kappa shape index (κ3) is 4.73. The topological polar surface area (TPSA) is 31.8 Å². The van der Waals surface area contributed by atoms with Crippen LogP contribution in [0.1, 0.15) is 64.2 Å². The third-order valence-electron chi connectivity index (χ3n) is 8.70. The van der Waals surface area contributed by atoms with Crippen molar-refractivity contribution < 1.29 is 4.74 Å². The predicted molar refractivity (Wildman–Crippen MR) is 170 cm³/mol. The molecule has 3 heterocycles. The van der Waals surface area contributed by atoms with Crippen molar-refractivity contribution in [2.24, 2.45) is 0 Å². The summed E-state index contributed by atoms with van der Waals surface area (Å²) in [6.45, 7) is 12.2. The number of fused-ring (bicyclic) bond motifs is 2. The van der Waals surface area contributed by atoms with Crippen molar-refractivity contribution in [3.8, 4) is 11.5 Å². The van der Waals surface area contributed by atoms with E-state index in [2.05, 4.69) is 142 Å². The quantitative estimate of drug-likeness (QED) is 0.241. The molecule has 2 aliphatic rings. The largest absolute Gasteiger partial charge is 0.457 e. The highest BCUT2D eigenvalue weighted by Gasteiger charge is 2.41. The van der Waals surface area contributed by atoms with E-state index in [1.165, 1.54) is 22.4 Å². The number of nitrogens with zero attached hydrogens (tertiary/aromatic N) is 4.